The Balaban J connectivity index is 1.55. The van der Waals surface area contributed by atoms with Gasteiger partial charge in [0, 0.05) is 26.2 Å². The van der Waals surface area contributed by atoms with Crippen LogP contribution in [-0.2, 0) is 4.74 Å². The van der Waals surface area contributed by atoms with Crippen molar-refractivity contribution in [3.63, 3.8) is 0 Å². The molecule has 1 fully saturated rings. The highest BCUT2D eigenvalue weighted by Gasteiger charge is 2.15. The van der Waals surface area contributed by atoms with Crippen LogP contribution in [0, 0.1) is 5.82 Å². The van der Waals surface area contributed by atoms with Gasteiger partial charge in [0.15, 0.2) is 5.76 Å². The van der Waals surface area contributed by atoms with Gasteiger partial charge in [-0.05, 0) is 24.3 Å². The molecule has 0 saturated carbocycles. The average Bonchev–Trinajstić information content (AvgIpc) is 3.06. The lowest BCUT2D eigenvalue weighted by Gasteiger charge is -2.26. The van der Waals surface area contributed by atoms with Crippen LogP contribution < -0.4 is 5.32 Å². The summed E-state index contributed by atoms with van der Waals surface area (Å²) in [6.07, 6.45) is 0. The zero-order chi connectivity index (χ0) is 16.1. The molecule has 2 heterocycles. The molecule has 122 valence electrons. The first-order valence-corrected chi connectivity index (χ1v) is 7.67. The number of nitrogens with zero attached hydrogens (tertiary/aromatic N) is 1. The Kier molecular flexibility index (Phi) is 5.05. The quantitative estimate of drug-likeness (QED) is 0.918. The van der Waals surface area contributed by atoms with Gasteiger partial charge >= 0.3 is 0 Å². The first-order valence-electron chi connectivity index (χ1n) is 7.67. The molecule has 5 nitrogen and oxygen atoms in total. The minimum absolute atomic E-state index is 0.185. The maximum Gasteiger partial charge on any atom is 0.287 e. The molecule has 0 spiro atoms. The summed E-state index contributed by atoms with van der Waals surface area (Å²) in [4.78, 5) is 14.3. The molecule has 23 heavy (non-hydrogen) atoms. The smallest absolute Gasteiger partial charge is 0.287 e. The molecule has 1 saturated heterocycles. The van der Waals surface area contributed by atoms with E-state index in [0.29, 0.717) is 17.9 Å². The van der Waals surface area contributed by atoms with Crippen molar-refractivity contribution >= 4 is 5.91 Å². The molecule has 0 atom stereocenters. The summed E-state index contributed by atoms with van der Waals surface area (Å²) in [6, 6.07) is 9.49. The van der Waals surface area contributed by atoms with Gasteiger partial charge in [-0.1, -0.05) is 12.1 Å². The van der Waals surface area contributed by atoms with E-state index in [1.54, 1.807) is 30.3 Å². The van der Waals surface area contributed by atoms with Gasteiger partial charge in [0.1, 0.15) is 11.6 Å². The number of rotatable bonds is 5. The Hall–Kier alpha value is -2.18. The van der Waals surface area contributed by atoms with Crippen LogP contribution in [-0.4, -0.2) is 50.2 Å². The number of furan rings is 1. The monoisotopic (exact) mass is 318 g/mol. The fourth-order valence-corrected chi connectivity index (χ4v) is 2.51. The van der Waals surface area contributed by atoms with Crippen LogP contribution >= 0.6 is 0 Å². The van der Waals surface area contributed by atoms with Crippen molar-refractivity contribution in [2.24, 2.45) is 0 Å². The molecule has 1 aliphatic rings. The van der Waals surface area contributed by atoms with E-state index in [-0.39, 0.29) is 17.5 Å². The summed E-state index contributed by atoms with van der Waals surface area (Å²) in [7, 11) is 0. The Morgan fingerprint density at radius 3 is 2.74 bits per heavy atom. The minimum Gasteiger partial charge on any atom is -0.451 e. The first-order chi connectivity index (χ1) is 11.2. The highest BCUT2D eigenvalue weighted by molar-refractivity contribution is 5.92. The molecule has 0 radical (unpaired) electrons. The number of hydrogen-bond donors (Lipinski definition) is 1. The van der Waals surface area contributed by atoms with Crippen LogP contribution in [0.3, 0.4) is 0 Å². The van der Waals surface area contributed by atoms with Crippen molar-refractivity contribution in [1.82, 2.24) is 10.2 Å². The van der Waals surface area contributed by atoms with E-state index in [1.165, 1.54) is 6.07 Å². The van der Waals surface area contributed by atoms with Gasteiger partial charge in [0.05, 0.1) is 18.8 Å². The normalized spacial score (nSPS) is 15.5. The fourth-order valence-electron chi connectivity index (χ4n) is 2.51. The number of amides is 1. The van der Waals surface area contributed by atoms with Crippen molar-refractivity contribution < 1.29 is 18.3 Å². The predicted molar refractivity (Wildman–Crippen MR) is 83.7 cm³/mol. The summed E-state index contributed by atoms with van der Waals surface area (Å²) in [5, 5.41) is 2.82. The summed E-state index contributed by atoms with van der Waals surface area (Å²) in [5.41, 5.74) is 0.347. The zero-order valence-corrected chi connectivity index (χ0v) is 12.8. The fraction of sp³-hybridized carbons (Fsp3) is 0.353. The molecule has 2 aromatic rings. The predicted octanol–water partition coefficient (Wildman–Crippen LogP) is 2.15. The highest BCUT2D eigenvalue weighted by atomic mass is 19.1. The Bertz CT molecular complexity index is 665. The summed E-state index contributed by atoms with van der Waals surface area (Å²) in [5.74, 6) is -0.131. The minimum atomic E-state index is -0.374. The molecule has 1 amide bonds. The Morgan fingerprint density at radius 2 is 1.96 bits per heavy atom. The van der Waals surface area contributed by atoms with E-state index in [0.717, 1.165) is 32.8 Å². The number of nitrogens with one attached hydrogen (secondary N) is 1. The SMILES string of the molecule is O=C(NCCN1CCOCC1)c1ccc(-c2ccccc2F)o1. The second-order valence-electron chi connectivity index (χ2n) is 5.35. The summed E-state index contributed by atoms with van der Waals surface area (Å²) < 4.78 is 24.5. The molecule has 1 N–H and O–H groups in total. The van der Waals surface area contributed by atoms with Gasteiger partial charge in [-0.3, -0.25) is 9.69 Å². The van der Waals surface area contributed by atoms with E-state index < -0.39 is 0 Å². The van der Waals surface area contributed by atoms with Crippen molar-refractivity contribution in [3.05, 3.63) is 48.0 Å². The van der Waals surface area contributed by atoms with Crippen molar-refractivity contribution in [2.75, 3.05) is 39.4 Å². The third kappa shape index (κ3) is 3.97. The number of hydrogen-bond acceptors (Lipinski definition) is 4. The van der Waals surface area contributed by atoms with E-state index in [2.05, 4.69) is 10.2 Å². The van der Waals surface area contributed by atoms with Gasteiger partial charge in [0.25, 0.3) is 5.91 Å². The van der Waals surface area contributed by atoms with E-state index in [4.69, 9.17) is 9.15 Å². The van der Waals surface area contributed by atoms with Gasteiger partial charge in [-0.15, -0.1) is 0 Å². The van der Waals surface area contributed by atoms with Gasteiger partial charge in [0.2, 0.25) is 0 Å². The Morgan fingerprint density at radius 1 is 1.17 bits per heavy atom. The highest BCUT2D eigenvalue weighted by Crippen LogP contribution is 2.24. The topological polar surface area (TPSA) is 54.7 Å². The van der Waals surface area contributed by atoms with Gasteiger partial charge < -0.3 is 14.5 Å². The van der Waals surface area contributed by atoms with Crippen LogP contribution in [0.15, 0.2) is 40.8 Å². The van der Waals surface area contributed by atoms with E-state index >= 15 is 0 Å². The lowest BCUT2D eigenvalue weighted by Crippen LogP contribution is -2.41. The molecule has 1 aliphatic heterocycles. The first kappa shape index (κ1) is 15.7. The van der Waals surface area contributed by atoms with E-state index in [9.17, 15) is 9.18 Å². The molecular weight excluding hydrogens is 299 g/mol. The van der Waals surface area contributed by atoms with Crippen molar-refractivity contribution in [2.45, 2.75) is 0 Å². The molecule has 1 aromatic heterocycles. The van der Waals surface area contributed by atoms with Crippen molar-refractivity contribution in [1.29, 1.82) is 0 Å². The molecule has 3 rings (SSSR count). The second-order valence-corrected chi connectivity index (χ2v) is 5.35. The van der Waals surface area contributed by atoms with Crippen molar-refractivity contribution in [3.8, 4) is 11.3 Å². The average molecular weight is 318 g/mol. The largest absolute Gasteiger partial charge is 0.451 e. The molecule has 0 aliphatic carbocycles. The van der Waals surface area contributed by atoms with Crippen LogP contribution in [0.25, 0.3) is 11.3 Å². The number of benzene rings is 1. The second kappa shape index (κ2) is 7.39. The third-order valence-corrected chi connectivity index (χ3v) is 3.79. The lowest BCUT2D eigenvalue weighted by molar-refractivity contribution is 0.0382. The maximum absolute atomic E-state index is 13.7. The van der Waals surface area contributed by atoms with Crippen LogP contribution in [0.5, 0.6) is 0 Å². The lowest BCUT2D eigenvalue weighted by atomic mass is 10.1. The molecule has 1 aromatic carbocycles. The van der Waals surface area contributed by atoms with Gasteiger partial charge in [-0.2, -0.15) is 0 Å². The number of morpholine rings is 1. The molecular formula is C17H19FN2O3. The number of ether oxygens (including phenoxy) is 1. The standard InChI is InChI=1S/C17H19FN2O3/c18-14-4-2-1-3-13(14)15-5-6-16(23-15)17(21)19-7-8-20-9-11-22-12-10-20/h1-6H,7-12H2,(H,19,21). The third-order valence-electron chi connectivity index (χ3n) is 3.79. The van der Waals surface area contributed by atoms with E-state index in [1.807, 2.05) is 0 Å². The molecule has 0 bridgehead atoms. The maximum atomic E-state index is 13.7. The summed E-state index contributed by atoms with van der Waals surface area (Å²) >= 11 is 0. The van der Waals surface area contributed by atoms with Crippen LogP contribution in [0.1, 0.15) is 10.6 Å². The molecule has 6 heteroatoms. The van der Waals surface area contributed by atoms with Crippen LogP contribution in [0.2, 0.25) is 0 Å². The summed E-state index contributed by atoms with van der Waals surface area (Å²) in [6.45, 7) is 4.54. The van der Waals surface area contributed by atoms with Gasteiger partial charge in [-0.25, -0.2) is 4.39 Å². The number of carbonyl (C=O) groups is 1. The zero-order valence-electron chi connectivity index (χ0n) is 12.8. The number of carbonyl (C=O) groups excluding carboxylic acids is 1. The van der Waals surface area contributed by atoms with Crippen LogP contribution in [0.4, 0.5) is 4.39 Å². The number of halogens is 1. The Labute approximate surface area is 134 Å². The molecule has 0 unspecified atom stereocenters.